The van der Waals surface area contributed by atoms with E-state index in [1.165, 1.54) is 17.8 Å². The van der Waals surface area contributed by atoms with E-state index in [0.717, 1.165) is 10.4 Å². The van der Waals surface area contributed by atoms with Gasteiger partial charge >= 0.3 is 0 Å². The molecule has 0 saturated heterocycles. The van der Waals surface area contributed by atoms with Gasteiger partial charge in [0.25, 0.3) is 0 Å². The highest BCUT2D eigenvalue weighted by molar-refractivity contribution is 7.99. The molecular weight excluding hydrogens is 455 g/mol. The van der Waals surface area contributed by atoms with E-state index in [1.807, 2.05) is 52.4 Å². The van der Waals surface area contributed by atoms with E-state index in [4.69, 9.17) is 0 Å². The van der Waals surface area contributed by atoms with Crippen LogP contribution in [0.1, 0.15) is 10.4 Å². The lowest BCUT2D eigenvalue weighted by atomic mass is 10.2. The third-order valence-electron chi connectivity index (χ3n) is 4.97. The van der Waals surface area contributed by atoms with Crippen molar-refractivity contribution in [1.82, 2.24) is 19.7 Å². The Labute approximate surface area is 200 Å². The predicted molar refractivity (Wildman–Crippen MR) is 132 cm³/mol. The topological polar surface area (TPSA) is 51.0 Å². The van der Waals surface area contributed by atoms with E-state index in [2.05, 4.69) is 16.8 Å². The normalized spacial score (nSPS) is 10.8. The largest absolute Gasteiger partial charge is 0.333 e. The van der Waals surface area contributed by atoms with E-state index in [1.54, 1.807) is 40.5 Å². The lowest BCUT2D eigenvalue weighted by Crippen LogP contribution is -2.31. The molecule has 2 aromatic heterocycles. The van der Waals surface area contributed by atoms with Crippen LogP contribution < -0.4 is 0 Å². The fourth-order valence-electron chi connectivity index (χ4n) is 3.36. The van der Waals surface area contributed by atoms with Crippen molar-refractivity contribution in [1.29, 1.82) is 0 Å². The maximum atomic E-state index is 14.5. The Kier molecular flexibility index (Phi) is 7.70. The zero-order chi connectivity index (χ0) is 23.0. The number of halogens is 1. The fourth-order valence-corrected chi connectivity index (χ4v) is 4.92. The van der Waals surface area contributed by atoms with Crippen LogP contribution in [-0.4, -0.2) is 37.9 Å². The van der Waals surface area contributed by atoms with Gasteiger partial charge in [-0.3, -0.25) is 9.36 Å². The average molecular weight is 479 g/mol. The van der Waals surface area contributed by atoms with Gasteiger partial charge in [0, 0.05) is 11.4 Å². The second kappa shape index (κ2) is 11.1. The van der Waals surface area contributed by atoms with Crippen molar-refractivity contribution in [3.63, 3.8) is 0 Å². The quantitative estimate of drug-likeness (QED) is 0.223. The van der Waals surface area contributed by atoms with E-state index in [-0.39, 0.29) is 17.5 Å². The molecule has 0 saturated carbocycles. The number of amides is 1. The first-order valence-electron chi connectivity index (χ1n) is 10.4. The monoisotopic (exact) mass is 478 g/mol. The highest BCUT2D eigenvalue weighted by Gasteiger charge is 2.20. The molecule has 0 aliphatic carbocycles. The van der Waals surface area contributed by atoms with Gasteiger partial charge in [-0.15, -0.1) is 28.1 Å². The zero-order valence-corrected chi connectivity index (χ0v) is 19.6. The Balaban J connectivity index is 1.57. The number of thiophene rings is 1. The third-order valence-corrected chi connectivity index (χ3v) is 6.78. The summed E-state index contributed by atoms with van der Waals surface area (Å²) < 4.78 is 16.4. The number of carbonyl (C=O) groups is 1. The van der Waals surface area contributed by atoms with E-state index in [0.29, 0.717) is 36.2 Å². The van der Waals surface area contributed by atoms with Crippen LogP contribution in [0.25, 0.3) is 11.4 Å². The van der Waals surface area contributed by atoms with E-state index >= 15 is 0 Å². The summed E-state index contributed by atoms with van der Waals surface area (Å²) >= 11 is 2.93. The van der Waals surface area contributed by atoms with Gasteiger partial charge in [-0.05, 0) is 29.1 Å². The molecule has 33 heavy (non-hydrogen) atoms. The molecule has 0 N–H and O–H groups in total. The fraction of sp³-hybridized carbons (Fsp3) is 0.160. The predicted octanol–water partition coefficient (Wildman–Crippen LogP) is 5.50. The number of nitrogens with zero attached hydrogens (tertiary/aromatic N) is 4. The van der Waals surface area contributed by atoms with Crippen LogP contribution in [0, 0.1) is 5.82 Å². The van der Waals surface area contributed by atoms with Crippen molar-refractivity contribution in [2.45, 2.75) is 18.2 Å². The van der Waals surface area contributed by atoms with E-state index < -0.39 is 0 Å². The highest BCUT2D eigenvalue weighted by atomic mass is 32.2. The smallest absolute Gasteiger partial charge is 0.233 e. The summed E-state index contributed by atoms with van der Waals surface area (Å²) in [6.45, 7) is 5.26. The molecule has 168 valence electrons. The number of carbonyl (C=O) groups excluding carboxylic acids is 1. The summed E-state index contributed by atoms with van der Waals surface area (Å²) in [5.41, 5.74) is 1.42. The molecule has 4 aromatic rings. The SMILES string of the molecule is C=CCN(Cc1cccs1)C(=O)CSc1nnc(-c2ccccc2F)n1Cc1ccccc1. The van der Waals surface area contributed by atoms with Gasteiger partial charge in [0.1, 0.15) is 5.82 Å². The minimum Gasteiger partial charge on any atom is -0.333 e. The summed E-state index contributed by atoms with van der Waals surface area (Å²) in [6, 6.07) is 20.4. The van der Waals surface area contributed by atoms with Crippen molar-refractivity contribution >= 4 is 29.0 Å². The highest BCUT2D eigenvalue weighted by Crippen LogP contribution is 2.27. The molecule has 0 bridgehead atoms. The van der Waals surface area contributed by atoms with Crippen molar-refractivity contribution in [3.8, 4) is 11.4 Å². The molecule has 0 aliphatic rings. The van der Waals surface area contributed by atoms with Crippen LogP contribution in [0.2, 0.25) is 0 Å². The molecule has 4 rings (SSSR count). The number of aromatic nitrogens is 3. The van der Waals surface area contributed by atoms with Crippen molar-refractivity contribution in [2.75, 3.05) is 12.3 Å². The van der Waals surface area contributed by atoms with Gasteiger partial charge < -0.3 is 4.90 Å². The summed E-state index contributed by atoms with van der Waals surface area (Å²) in [7, 11) is 0. The molecule has 2 aromatic carbocycles. The summed E-state index contributed by atoms with van der Waals surface area (Å²) in [6.07, 6.45) is 1.73. The van der Waals surface area contributed by atoms with Crippen LogP contribution in [0.4, 0.5) is 4.39 Å². The second-order valence-electron chi connectivity index (χ2n) is 7.29. The van der Waals surface area contributed by atoms with Gasteiger partial charge in [-0.2, -0.15) is 0 Å². The summed E-state index contributed by atoms with van der Waals surface area (Å²) in [5.74, 6) is 0.257. The van der Waals surface area contributed by atoms with Crippen molar-refractivity contribution in [2.24, 2.45) is 0 Å². The Morgan fingerprint density at radius 1 is 1.09 bits per heavy atom. The molecule has 2 heterocycles. The maximum absolute atomic E-state index is 14.5. The molecule has 5 nitrogen and oxygen atoms in total. The van der Waals surface area contributed by atoms with Crippen LogP contribution in [0.15, 0.2) is 89.9 Å². The Morgan fingerprint density at radius 3 is 2.61 bits per heavy atom. The lowest BCUT2D eigenvalue weighted by Gasteiger charge is -2.20. The Morgan fingerprint density at radius 2 is 1.88 bits per heavy atom. The Bertz CT molecular complexity index is 1210. The number of thioether (sulfide) groups is 1. The van der Waals surface area contributed by atoms with Gasteiger partial charge in [-0.25, -0.2) is 4.39 Å². The molecule has 0 spiro atoms. The second-order valence-corrected chi connectivity index (χ2v) is 9.26. The molecule has 0 unspecified atom stereocenters. The minimum atomic E-state index is -0.361. The summed E-state index contributed by atoms with van der Waals surface area (Å²) in [5, 5.41) is 11.1. The number of hydrogen-bond acceptors (Lipinski definition) is 5. The third kappa shape index (κ3) is 5.77. The molecule has 0 aliphatic heterocycles. The zero-order valence-electron chi connectivity index (χ0n) is 17.9. The van der Waals surface area contributed by atoms with Crippen LogP contribution in [0.3, 0.4) is 0 Å². The summed E-state index contributed by atoms with van der Waals surface area (Å²) in [4.78, 5) is 15.9. The molecule has 0 radical (unpaired) electrons. The first kappa shape index (κ1) is 22.9. The van der Waals surface area contributed by atoms with Crippen LogP contribution >= 0.6 is 23.1 Å². The van der Waals surface area contributed by atoms with E-state index in [9.17, 15) is 9.18 Å². The first-order valence-corrected chi connectivity index (χ1v) is 12.3. The minimum absolute atomic E-state index is 0.0185. The van der Waals surface area contributed by atoms with Crippen molar-refractivity contribution in [3.05, 3.63) is 101 Å². The maximum Gasteiger partial charge on any atom is 0.233 e. The first-order chi connectivity index (χ1) is 16.2. The standard InChI is InChI=1S/C25H23FN4OS2/c1-2-14-29(17-20-11-8-15-32-20)23(31)18-33-25-28-27-24(21-12-6-7-13-22(21)26)30(25)16-19-9-4-3-5-10-19/h2-13,15H,1,14,16-18H2. The van der Waals surface area contributed by atoms with Gasteiger partial charge in [-0.1, -0.05) is 66.4 Å². The number of benzene rings is 2. The Hall–Kier alpha value is -3.23. The molecule has 0 atom stereocenters. The van der Waals surface area contributed by atoms with Crippen LogP contribution in [0.5, 0.6) is 0 Å². The van der Waals surface area contributed by atoms with Crippen LogP contribution in [-0.2, 0) is 17.9 Å². The lowest BCUT2D eigenvalue weighted by molar-refractivity contribution is -0.128. The molecular formula is C25H23FN4OS2. The molecule has 1 amide bonds. The van der Waals surface area contributed by atoms with Gasteiger partial charge in [0.2, 0.25) is 5.91 Å². The average Bonchev–Trinajstić information content (AvgIpc) is 3.48. The number of rotatable bonds is 10. The number of hydrogen-bond donors (Lipinski definition) is 0. The molecule has 0 fully saturated rings. The molecule has 8 heteroatoms. The van der Waals surface area contributed by atoms with Gasteiger partial charge in [0.05, 0.1) is 24.4 Å². The van der Waals surface area contributed by atoms with Crippen molar-refractivity contribution < 1.29 is 9.18 Å². The van der Waals surface area contributed by atoms with Gasteiger partial charge in [0.15, 0.2) is 11.0 Å².